The van der Waals surface area contributed by atoms with Gasteiger partial charge in [-0.1, -0.05) is 23.2 Å². The van der Waals surface area contributed by atoms with Gasteiger partial charge in [0.15, 0.2) is 4.77 Å². The van der Waals surface area contributed by atoms with Crippen LogP contribution in [0.25, 0.3) is 16.7 Å². The number of benzene rings is 2. The van der Waals surface area contributed by atoms with E-state index in [1.54, 1.807) is 10.6 Å². The molecule has 0 aliphatic heterocycles. The molecule has 0 aliphatic rings. The molecule has 2 nitrogen and oxygen atoms in total. The molecule has 0 atom stereocenters. The Morgan fingerprint density at radius 2 is 1.90 bits per heavy atom. The minimum absolute atomic E-state index is 0.0507. The van der Waals surface area contributed by atoms with Crippen LogP contribution >= 0.6 is 51.3 Å². The molecule has 0 amide bonds. The van der Waals surface area contributed by atoms with Gasteiger partial charge in [-0.2, -0.15) is 0 Å². The fourth-order valence-corrected chi connectivity index (χ4v) is 2.88. The molecule has 0 saturated heterocycles. The number of nitrogens with one attached hydrogen (secondary N) is 1. The van der Waals surface area contributed by atoms with Crippen molar-refractivity contribution >= 4 is 62.4 Å². The van der Waals surface area contributed by atoms with Crippen molar-refractivity contribution < 1.29 is 4.39 Å². The van der Waals surface area contributed by atoms with Crippen LogP contribution in [0.4, 0.5) is 4.39 Å². The van der Waals surface area contributed by atoms with E-state index in [9.17, 15) is 4.39 Å². The Morgan fingerprint density at radius 3 is 2.60 bits per heavy atom. The number of fused-ring (bicyclic) bond motifs is 1. The Kier molecular flexibility index (Phi) is 3.62. The molecule has 0 unspecified atom stereocenters. The van der Waals surface area contributed by atoms with Crippen molar-refractivity contribution in [2.45, 2.75) is 0 Å². The molecule has 0 saturated carbocycles. The van der Waals surface area contributed by atoms with E-state index >= 15 is 0 Å². The summed E-state index contributed by atoms with van der Waals surface area (Å²) in [5.74, 6) is -0.495. The highest BCUT2D eigenvalue weighted by Gasteiger charge is 2.11. The normalized spacial score (nSPS) is 11.2. The third kappa shape index (κ3) is 2.29. The van der Waals surface area contributed by atoms with E-state index in [2.05, 4.69) is 20.9 Å². The second-order valence-electron chi connectivity index (χ2n) is 4.15. The molecule has 102 valence electrons. The molecule has 7 heteroatoms. The second-order valence-corrected chi connectivity index (χ2v) is 6.20. The van der Waals surface area contributed by atoms with Crippen LogP contribution in [0.3, 0.4) is 0 Å². The summed E-state index contributed by atoms with van der Waals surface area (Å²) in [6.45, 7) is 0. The van der Waals surface area contributed by atoms with Gasteiger partial charge in [0.2, 0.25) is 0 Å². The van der Waals surface area contributed by atoms with Gasteiger partial charge in [0.05, 0.1) is 21.1 Å². The van der Waals surface area contributed by atoms with Crippen molar-refractivity contribution in [3.63, 3.8) is 0 Å². The standard InChI is InChI=1S/C13H6BrCl2FN2S/c14-7-2-1-6(3-8(7)15)19-12-5-10(17)9(16)4-11(12)18-13(19)20/h1-5H,(H,18,20). The van der Waals surface area contributed by atoms with Crippen LogP contribution in [0.15, 0.2) is 34.8 Å². The van der Waals surface area contributed by atoms with E-state index < -0.39 is 5.82 Å². The summed E-state index contributed by atoms with van der Waals surface area (Å²) in [6.07, 6.45) is 0. The summed E-state index contributed by atoms with van der Waals surface area (Å²) >= 11 is 20.5. The van der Waals surface area contributed by atoms with Crippen LogP contribution in [0.2, 0.25) is 10.0 Å². The van der Waals surface area contributed by atoms with Crippen molar-refractivity contribution in [1.82, 2.24) is 9.55 Å². The number of H-pyrrole nitrogens is 1. The summed E-state index contributed by atoms with van der Waals surface area (Å²) in [4.78, 5) is 3.00. The SMILES string of the molecule is Fc1cc2c(cc1Cl)[nH]c(=S)n2-c1ccc(Br)c(Cl)c1. The van der Waals surface area contributed by atoms with Crippen LogP contribution in [0.5, 0.6) is 0 Å². The summed E-state index contributed by atoms with van der Waals surface area (Å²) < 4.78 is 16.6. The fourth-order valence-electron chi connectivity index (χ4n) is 1.98. The van der Waals surface area contributed by atoms with E-state index in [0.29, 0.717) is 20.8 Å². The number of aromatic nitrogens is 2. The monoisotopic (exact) mass is 390 g/mol. The maximum Gasteiger partial charge on any atom is 0.182 e. The molecule has 20 heavy (non-hydrogen) atoms. The maximum absolute atomic E-state index is 13.7. The Bertz CT molecular complexity index is 888. The molecular weight excluding hydrogens is 386 g/mol. The Balaban J connectivity index is 2.35. The highest BCUT2D eigenvalue weighted by atomic mass is 79.9. The largest absolute Gasteiger partial charge is 0.330 e. The van der Waals surface area contributed by atoms with Crippen molar-refractivity contribution in [2.24, 2.45) is 0 Å². The highest BCUT2D eigenvalue weighted by molar-refractivity contribution is 9.10. The van der Waals surface area contributed by atoms with E-state index in [-0.39, 0.29) is 5.02 Å². The number of hydrogen-bond donors (Lipinski definition) is 1. The predicted molar refractivity (Wildman–Crippen MR) is 86.1 cm³/mol. The number of hydrogen-bond acceptors (Lipinski definition) is 1. The van der Waals surface area contributed by atoms with Gasteiger partial charge in [-0.15, -0.1) is 0 Å². The first-order valence-electron chi connectivity index (χ1n) is 5.52. The Morgan fingerprint density at radius 1 is 1.15 bits per heavy atom. The summed E-state index contributed by atoms with van der Waals surface area (Å²) in [6, 6.07) is 8.26. The van der Waals surface area contributed by atoms with Gasteiger partial charge in [-0.3, -0.25) is 4.57 Å². The lowest BCUT2D eigenvalue weighted by molar-refractivity contribution is 0.629. The molecule has 2 aromatic carbocycles. The first-order chi connectivity index (χ1) is 9.47. The molecule has 1 heterocycles. The van der Waals surface area contributed by atoms with E-state index in [4.69, 9.17) is 35.4 Å². The average Bonchev–Trinajstić information content (AvgIpc) is 2.69. The molecule has 1 N–H and O–H groups in total. The lowest BCUT2D eigenvalue weighted by Gasteiger charge is -2.06. The van der Waals surface area contributed by atoms with Crippen molar-refractivity contribution in [3.8, 4) is 5.69 Å². The molecule has 3 aromatic rings. The minimum Gasteiger partial charge on any atom is -0.330 e. The highest BCUT2D eigenvalue weighted by Crippen LogP contribution is 2.29. The number of rotatable bonds is 1. The molecule has 1 aromatic heterocycles. The quantitative estimate of drug-likeness (QED) is 0.512. The number of nitrogens with zero attached hydrogens (tertiary/aromatic N) is 1. The number of halogens is 4. The lowest BCUT2D eigenvalue weighted by Crippen LogP contribution is -1.94. The molecule has 3 rings (SSSR count). The van der Waals surface area contributed by atoms with Crippen LogP contribution in [-0.2, 0) is 0 Å². The van der Waals surface area contributed by atoms with Crippen LogP contribution in [-0.4, -0.2) is 9.55 Å². The Labute approximate surface area is 137 Å². The summed E-state index contributed by atoms with van der Waals surface area (Å²) in [5.41, 5.74) is 2.02. The van der Waals surface area contributed by atoms with Crippen LogP contribution in [0, 0.1) is 10.6 Å². The van der Waals surface area contributed by atoms with Crippen molar-refractivity contribution in [3.05, 3.63) is 55.4 Å². The molecule has 0 spiro atoms. The van der Waals surface area contributed by atoms with Gasteiger partial charge >= 0.3 is 0 Å². The molecule has 0 bridgehead atoms. The average molecular weight is 392 g/mol. The van der Waals surface area contributed by atoms with E-state index in [1.165, 1.54) is 12.1 Å². The molecule has 0 aliphatic carbocycles. The van der Waals surface area contributed by atoms with Crippen LogP contribution < -0.4 is 0 Å². The van der Waals surface area contributed by atoms with Gasteiger partial charge in [0, 0.05) is 16.2 Å². The number of imidazole rings is 1. The summed E-state index contributed by atoms with van der Waals surface area (Å²) in [5, 5.41) is 0.600. The van der Waals surface area contributed by atoms with Gasteiger partial charge in [0.1, 0.15) is 5.82 Å². The third-order valence-corrected chi connectivity index (χ3v) is 4.69. The zero-order valence-electron chi connectivity index (χ0n) is 9.75. The third-order valence-electron chi connectivity index (χ3n) is 2.89. The Hall–Kier alpha value is -0.880. The first kappa shape index (κ1) is 14.1. The molecule has 0 fully saturated rings. The van der Waals surface area contributed by atoms with Crippen molar-refractivity contribution in [2.75, 3.05) is 0 Å². The van der Waals surface area contributed by atoms with Gasteiger partial charge < -0.3 is 4.98 Å². The zero-order valence-corrected chi connectivity index (χ0v) is 13.7. The lowest BCUT2D eigenvalue weighted by atomic mass is 10.2. The van der Waals surface area contributed by atoms with E-state index in [1.807, 2.05) is 12.1 Å². The summed E-state index contributed by atoms with van der Waals surface area (Å²) in [7, 11) is 0. The molecular formula is C13H6BrCl2FN2S. The van der Waals surface area contributed by atoms with Gasteiger partial charge in [0.25, 0.3) is 0 Å². The van der Waals surface area contributed by atoms with Gasteiger partial charge in [-0.25, -0.2) is 4.39 Å². The first-order valence-corrected chi connectivity index (χ1v) is 7.48. The van der Waals surface area contributed by atoms with E-state index in [0.717, 1.165) is 10.2 Å². The van der Waals surface area contributed by atoms with Crippen LogP contribution in [0.1, 0.15) is 0 Å². The maximum atomic E-state index is 13.7. The molecule has 0 radical (unpaired) electrons. The number of aromatic amines is 1. The predicted octanol–water partition coefficient (Wildman–Crippen LogP) is 5.90. The smallest absolute Gasteiger partial charge is 0.182 e. The topological polar surface area (TPSA) is 20.7 Å². The van der Waals surface area contributed by atoms with Gasteiger partial charge in [-0.05, 0) is 52.4 Å². The van der Waals surface area contributed by atoms with Crippen molar-refractivity contribution in [1.29, 1.82) is 0 Å². The fraction of sp³-hybridized carbons (Fsp3) is 0. The second kappa shape index (κ2) is 5.15. The zero-order chi connectivity index (χ0) is 14.4. The minimum atomic E-state index is -0.495.